The predicted octanol–water partition coefficient (Wildman–Crippen LogP) is 2.50. The molecular weight excluding hydrogens is 258 g/mol. The van der Waals surface area contributed by atoms with E-state index in [1.165, 1.54) is 6.08 Å². The summed E-state index contributed by atoms with van der Waals surface area (Å²) < 4.78 is 5.00. The first kappa shape index (κ1) is 14.1. The Morgan fingerprint density at radius 3 is 2.70 bits per heavy atom. The third-order valence-electron chi connectivity index (χ3n) is 3.40. The van der Waals surface area contributed by atoms with E-state index in [2.05, 4.69) is 6.58 Å². The second-order valence-electron chi connectivity index (χ2n) is 4.72. The number of carbonyl (C=O) groups is 2. The van der Waals surface area contributed by atoms with Gasteiger partial charge in [-0.2, -0.15) is 0 Å². The van der Waals surface area contributed by atoms with Crippen LogP contribution >= 0.6 is 0 Å². The zero-order valence-electron chi connectivity index (χ0n) is 11.1. The van der Waals surface area contributed by atoms with Gasteiger partial charge in [-0.3, -0.25) is 0 Å². The molecule has 0 spiro atoms. The van der Waals surface area contributed by atoms with Crippen LogP contribution < -0.4 is 0 Å². The highest BCUT2D eigenvalue weighted by atomic mass is 16.6. The van der Waals surface area contributed by atoms with Crippen molar-refractivity contribution < 1.29 is 19.4 Å². The highest BCUT2D eigenvalue weighted by molar-refractivity contribution is 5.87. The molecule has 1 aliphatic heterocycles. The molecule has 106 valence electrons. The van der Waals surface area contributed by atoms with Gasteiger partial charge in [0.1, 0.15) is 6.61 Å². The van der Waals surface area contributed by atoms with E-state index < -0.39 is 5.97 Å². The van der Waals surface area contributed by atoms with Gasteiger partial charge in [0.25, 0.3) is 0 Å². The van der Waals surface area contributed by atoms with E-state index in [0.717, 1.165) is 12.0 Å². The molecule has 5 heteroatoms. The quantitative estimate of drug-likeness (QED) is 0.857. The van der Waals surface area contributed by atoms with Gasteiger partial charge in [-0.15, -0.1) is 0 Å². The van der Waals surface area contributed by atoms with Gasteiger partial charge in [-0.1, -0.05) is 24.8 Å². The van der Waals surface area contributed by atoms with Crippen molar-refractivity contribution in [3.8, 4) is 0 Å². The molecule has 1 N–H and O–H groups in total. The number of benzene rings is 1. The summed E-state index contributed by atoms with van der Waals surface area (Å²) in [6.07, 6.45) is 2.07. The molecular formula is C15H17NO4. The Balaban J connectivity index is 1.96. The number of nitrogens with zero attached hydrogens (tertiary/aromatic N) is 1. The summed E-state index contributed by atoms with van der Waals surface area (Å²) in [7, 11) is 0. The van der Waals surface area contributed by atoms with E-state index in [9.17, 15) is 9.59 Å². The van der Waals surface area contributed by atoms with Crippen LogP contribution in [-0.4, -0.2) is 41.8 Å². The number of carboxylic acid groups (broad SMARTS) is 1. The Morgan fingerprint density at radius 2 is 2.10 bits per heavy atom. The Labute approximate surface area is 117 Å². The molecule has 0 saturated carbocycles. The lowest BCUT2D eigenvalue weighted by Crippen LogP contribution is -2.29. The maximum Gasteiger partial charge on any atom is 0.410 e. The van der Waals surface area contributed by atoms with Gasteiger partial charge in [0.15, 0.2) is 0 Å². The molecule has 1 unspecified atom stereocenters. The number of aromatic carboxylic acids is 1. The summed E-state index contributed by atoms with van der Waals surface area (Å²) in [4.78, 5) is 24.2. The van der Waals surface area contributed by atoms with Crippen molar-refractivity contribution in [3.05, 3.63) is 48.0 Å². The highest BCUT2D eigenvalue weighted by Gasteiger charge is 2.28. The summed E-state index contributed by atoms with van der Waals surface area (Å²) in [5.74, 6) is -0.702. The van der Waals surface area contributed by atoms with Gasteiger partial charge in [0.2, 0.25) is 0 Å². The zero-order valence-corrected chi connectivity index (χ0v) is 11.1. The number of rotatable bonds is 4. The normalized spacial score (nSPS) is 17.8. The number of ether oxygens (including phenoxy) is 1. The summed E-state index contributed by atoms with van der Waals surface area (Å²) in [6, 6.07) is 6.81. The lowest BCUT2D eigenvalue weighted by molar-refractivity contribution is 0.0696. The summed E-state index contributed by atoms with van der Waals surface area (Å²) >= 11 is 0. The molecule has 2 rings (SSSR count). The summed E-state index contributed by atoms with van der Waals surface area (Å²) in [5.41, 5.74) is 1.32. The van der Waals surface area contributed by atoms with E-state index >= 15 is 0 Å². The van der Waals surface area contributed by atoms with Gasteiger partial charge >= 0.3 is 12.1 Å². The standard InChI is InChI=1S/C15H17NO4/c1-2-9-20-15(19)16-8-7-13(10-16)11-3-5-12(6-4-11)14(17)18/h2-6,13H,1,7-10H2,(H,17,18). The lowest BCUT2D eigenvalue weighted by Gasteiger charge is -2.16. The molecule has 1 atom stereocenters. The van der Waals surface area contributed by atoms with Crippen LogP contribution in [-0.2, 0) is 4.74 Å². The van der Waals surface area contributed by atoms with E-state index in [0.29, 0.717) is 13.1 Å². The predicted molar refractivity (Wildman–Crippen MR) is 73.9 cm³/mol. The van der Waals surface area contributed by atoms with Crippen molar-refractivity contribution >= 4 is 12.1 Å². The minimum absolute atomic E-state index is 0.216. The van der Waals surface area contributed by atoms with Crippen molar-refractivity contribution in [1.29, 1.82) is 0 Å². The zero-order chi connectivity index (χ0) is 14.5. The van der Waals surface area contributed by atoms with E-state index in [1.807, 2.05) is 12.1 Å². The Morgan fingerprint density at radius 1 is 1.40 bits per heavy atom. The van der Waals surface area contributed by atoms with Gasteiger partial charge in [0, 0.05) is 19.0 Å². The third kappa shape index (κ3) is 3.17. The van der Waals surface area contributed by atoms with E-state index in [1.54, 1.807) is 17.0 Å². The number of carboxylic acids is 1. The smallest absolute Gasteiger partial charge is 0.410 e. The SMILES string of the molecule is C=CCOC(=O)N1CCC(c2ccc(C(=O)O)cc2)C1. The molecule has 0 bridgehead atoms. The second kappa shape index (κ2) is 6.23. The largest absolute Gasteiger partial charge is 0.478 e. The molecule has 1 heterocycles. The van der Waals surface area contributed by atoms with E-state index in [-0.39, 0.29) is 24.2 Å². The van der Waals surface area contributed by atoms with Crippen molar-refractivity contribution in [1.82, 2.24) is 4.90 Å². The average molecular weight is 275 g/mol. The number of amides is 1. The summed E-state index contributed by atoms with van der Waals surface area (Å²) in [6.45, 7) is 4.97. The monoisotopic (exact) mass is 275 g/mol. The number of carbonyl (C=O) groups excluding carboxylic acids is 1. The van der Waals surface area contributed by atoms with Crippen molar-refractivity contribution in [2.24, 2.45) is 0 Å². The Hall–Kier alpha value is -2.30. The van der Waals surface area contributed by atoms with Crippen LogP contribution in [0, 0.1) is 0 Å². The summed E-state index contributed by atoms with van der Waals surface area (Å²) in [5, 5.41) is 8.86. The first-order chi connectivity index (χ1) is 9.61. The third-order valence-corrected chi connectivity index (χ3v) is 3.40. The molecule has 0 radical (unpaired) electrons. The minimum Gasteiger partial charge on any atom is -0.478 e. The first-order valence-corrected chi connectivity index (χ1v) is 6.47. The maximum absolute atomic E-state index is 11.7. The van der Waals surface area contributed by atoms with Crippen molar-refractivity contribution in [2.45, 2.75) is 12.3 Å². The molecule has 0 aromatic heterocycles. The fraction of sp³-hybridized carbons (Fsp3) is 0.333. The van der Waals surface area contributed by atoms with Crippen LogP contribution in [0.2, 0.25) is 0 Å². The number of likely N-dealkylation sites (tertiary alicyclic amines) is 1. The van der Waals surface area contributed by atoms with Crippen LogP contribution in [0.15, 0.2) is 36.9 Å². The number of hydrogen-bond donors (Lipinski definition) is 1. The average Bonchev–Trinajstić information content (AvgIpc) is 2.94. The van der Waals surface area contributed by atoms with Crippen LogP contribution in [0.3, 0.4) is 0 Å². The van der Waals surface area contributed by atoms with Gasteiger partial charge in [-0.05, 0) is 24.1 Å². The lowest BCUT2D eigenvalue weighted by atomic mass is 9.97. The minimum atomic E-state index is -0.933. The molecule has 1 aromatic carbocycles. The fourth-order valence-electron chi connectivity index (χ4n) is 2.32. The van der Waals surface area contributed by atoms with E-state index in [4.69, 9.17) is 9.84 Å². The van der Waals surface area contributed by atoms with Crippen LogP contribution in [0.5, 0.6) is 0 Å². The van der Waals surface area contributed by atoms with Gasteiger partial charge in [-0.25, -0.2) is 9.59 Å². The van der Waals surface area contributed by atoms with Crippen molar-refractivity contribution in [3.63, 3.8) is 0 Å². The molecule has 1 aliphatic rings. The topological polar surface area (TPSA) is 66.8 Å². The van der Waals surface area contributed by atoms with Crippen LogP contribution in [0.4, 0.5) is 4.79 Å². The van der Waals surface area contributed by atoms with Gasteiger partial charge in [0.05, 0.1) is 5.56 Å². The van der Waals surface area contributed by atoms with Gasteiger partial charge < -0.3 is 14.7 Å². The Kier molecular flexibility index (Phi) is 4.40. The molecule has 1 saturated heterocycles. The molecule has 20 heavy (non-hydrogen) atoms. The first-order valence-electron chi connectivity index (χ1n) is 6.47. The maximum atomic E-state index is 11.7. The highest BCUT2D eigenvalue weighted by Crippen LogP contribution is 2.27. The molecule has 1 fully saturated rings. The molecule has 0 aliphatic carbocycles. The second-order valence-corrected chi connectivity index (χ2v) is 4.72. The van der Waals surface area contributed by atoms with Crippen molar-refractivity contribution in [2.75, 3.05) is 19.7 Å². The fourth-order valence-corrected chi connectivity index (χ4v) is 2.32. The molecule has 1 amide bonds. The van der Waals surface area contributed by atoms with Crippen LogP contribution in [0.25, 0.3) is 0 Å². The number of hydrogen-bond acceptors (Lipinski definition) is 3. The molecule has 5 nitrogen and oxygen atoms in total. The Bertz CT molecular complexity index is 509. The molecule has 1 aromatic rings. The van der Waals surface area contributed by atoms with Crippen LogP contribution in [0.1, 0.15) is 28.3 Å².